The van der Waals surface area contributed by atoms with E-state index in [1.807, 2.05) is 43.0 Å². The summed E-state index contributed by atoms with van der Waals surface area (Å²) in [6.45, 7) is 6.91. The molecule has 1 atom stereocenters. The standard InChI is InChI=1S/C19H22N2O/c1-13-7-6-8-14(2)18(13)20-19(22)21-12-11-16-9-4-5-10-17(16)15(21)3/h4-10,15H,11-12H2,1-3H3,(H,20,22). The van der Waals surface area contributed by atoms with Crippen LogP contribution in [0.4, 0.5) is 10.5 Å². The van der Waals surface area contributed by atoms with Crippen molar-refractivity contribution in [2.45, 2.75) is 33.2 Å². The quantitative estimate of drug-likeness (QED) is 0.827. The van der Waals surface area contributed by atoms with Gasteiger partial charge < -0.3 is 10.2 Å². The molecule has 3 heteroatoms. The predicted molar refractivity (Wildman–Crippen MR) is 90.2 cm³/mol. The van der Waals surface area contributed by atoms with Gasteiger partial charge in [-0.15, -0.1) is 0 Å². The van der Waals surface area contributed by atoms with Crippen LogP contribution in [0.25, 0.3) is 0 Å². The summed E-state index contributed by atoms with van der Waals surface area (Å²) in [6.07, 6.45) is 0.917. The van der Waals surface area contributed by atoms with E-state index in [1.165, 1.54) is 11.1 Å². The summed E-state index contributed by atoms with van der Waals surface area (Å²) >= 11 is 0. The number of carbonyl (C=O) groups is 1. The zero-order valence-electron chi connectivity index (χ0n) is 13.4. The first kappa shape index (κ1) is 14.6. The maximum atomic E-state index is 12.7. The Labute approximate surface area is 132 Å². The molecule has 0 saturated heterocycles. The minimum Gasteiger partial charge on any atom is -0.317 e. The third-order valence-electron chi connectivity index (χ3n) is 4.57. The number of amides is 2. The van der Waals surface area contributed by atoms with Crippen LogP contribution in [0.15, 0.2) is 42.5 Å². The predicted octanol–water partition coefficient (Wildman–Crippen LogP) is 4.45. The lowest BCUT2D eigenvalue weighted by molar-refractivity contribution is 0.188. The van der Waals surface area contributed by atoms with E-state index in [0.29, 0.717) is 0 Å². The summed E-state index contributed by atoms with van der Waals surface area (Å²) in [7, 11) is 0. The number of urea groups is 1. The Balaban J connectivity index is 1.82. The van der Waals surface area contributed by atoms with Gasteiger partial charge in [-0.25, -0.2) is 4.79 Å². The van der Waals surface area contributed by atoms with Crippen molar-refractivity contribution in [1.82, 2.24) is 4.90 Å². The topological polar surface area (TPSA) is 32.3 Å². The molecule has 2 aromatic rings. The molecular weight excluding hydrogens is 272 g/mol. The van der Waals surface area contributed by atoms with E-state index >= 15 is 0 Å². The van der Waals surface area contributed by atoms with Gasteiger partial charge >= 0.3 is 6.03 Å². The Kier molecular flexibility index (Phi) is 3.88. The van der Waals surface area contributed by atoms with Crippen LogP contribution < -0.4 is 5.32 Å². The number of aryl methyl sites for hydroxylation is 2. The molecule has 0 spiro atoms. The van der Waals surface area contributed by atoms with Gasteiger partial charge in [0.05, 0.1) is 6.04 Å². The lowest BCUT2D eigenvalue weighted by atomic mass is 9.94. The van der Waals surface area contributed by atoms with E-state index in [0.717, 1.165) is 29.8 Å². The molecule has 114 valence electrons. The first-order valence-corrected chi connectivity index (χ1v) is 7.79. The third kappa shape index (κ3) is 2.59. The van der Waals surface area contributed by atoms with Crippen LogP contribution in [0.2, 0.25) is 0 Å². The van der Waals surface area contributed by atoms with E-state index in [9.17, 15) is 4.79 Å². The van der Waals surface area contributed by atoms with Crippen LogP contribution in [0.3, 0.4) is 0 Å². The number of hydrogen-bond donors (Lipinski definition) is 1. The third-order valence-corrected chi connectivity index (χ3v) is 4.57. The second-order valence-corrected chi connectivity index (χ2v) is 6.02. The Morgan fingerprint density at radius 2 is 1.77 bits per heavy atom. The first-order chi connectivity index (χ1) is 10.6. The minimum absolute atomic E-state index is 0.0144. The van der Waals surface area contributed by atoms with E-state index in [1.54, 1.807) is 0 Å². The Morgan fingerprint density at radius 1 is 1.09 bits per heavy atom. The maximum Gasteiger partial charge on any atom is 0.322 e. The summed E-state index contributed by atoms with van der Waals surface area (Å²) < 4.78 is 0. The number of carbonyl (C=O) groups excluding carboxylic acids is 1. The van der Waals surface area contributed by atoms with Crippen LogP contribution in [0.1, 0.15) is 35.2 Å². The highest BCUT2D eigenvalue weighted by Crippen LogP contribution is 2.30. The molecule has 0 aliphatic carbocycles. The van der Waals surface area contributed by atoms with Gasteiger partial charge in [0.15, 0.2) is 0 Å². The molecule has 0 bridgehead atoms. The van der Waals surface area contributed by atoms with Crippen LogP contribution in [-0.2, 0) is 6.42 Å². The van der Waals surface area contributed by atoms with Crippen LogP contribution in [0.5, 0.6) is 0 Å². The summed E-state index contributed by atoms with van der Waals surface area (Å²) in [5, 5.41) is 3.10. The number of nitrogens with one attached hydrogen (secondary N) is 1. The highest BCUT2D eigenvalue weighted by molar-refractivity contribution is 5.91. The van der Waals surface area contributed by atoms with Gasteiger partial charge in [-0.2, -0.15) is 0 Å². The van der Waals surface area contributed by atoms with Gasteiger partial charge in [-0.1, -0.05) is 42.5 Å². The number of fused-ring (bicyclic) bond motifs is 1. The van der Waals surface area contributed by atoms with E-state index in [2.05, 4.69) is 30.4 Å². The van der Waals surface area contributed by atoms with Crippen LogP contribution >= 0.6 is 0 Å². The molecule has 2 amide bonds. The maximum absolute atomic E-state index is 12.7. The molecule has 1 unspecified atom stereocenters. The fraction of sp³-hybridized carbons (Fsp3) is 0.316. The number of rotatable bonds is 1. The molecule has 22 heavy (non-hydrogen) atoms. The van der Waals surface area contributed by atoms with Gasteiger partial charge in [0.1, 0.15) is 0 Å². The van der Waals surface area contributed by atoms with E-state index < -0.39 is 0 Å². The molecule has 2 aromatic carbocycles. The normalized spacial score (nSPS) is 17.0. The molecular formula is C19H22N2O. The molecule has 1 heterocycles. The van der Waals surface area contributed by atoms with Gasteiger partial charge in [-0.05, 0) is 49.4 Å². The van der Waals surface area contributed by atoms with Crippen LogP contribution in [-0.4, -0.2) is 17.5 Å². The van der Waals surface area contributed by atoms with Crippen molar-refractivity contribution in [3.8, 4) is 0 Å². The fourth-order valence-corrected chi connectivity index (χ4v) is 3.24. The molecule has 1 aliphatic rings. The van der Waals surface area contributed by atoms with E-state index in [-0.39, 0.29) is 12.1 Å². The van der Waals surface area contributed by atoms with Crippen molar-refractivity contribution in [2.24, 2.45) is 0 Å². The molecule has 3 rings (SSSR count). The highest BCUT2D eigenvalue weighted by atomic mass is 16.2. The Bertz CT molecular complexity index is 688. The average Bonchev–Trinajstić information content (AvgIpc) is 2.51. The van der Waals surface area contributed by atoms with Crippen molar-refractivity contribution < 1.29 is 4.79 Å². The SMILES string of the molecule is Cc1cccc(C)c1NC(=O)N1CCc2ccccc2C1C. The van der Waals surface area contributed by atoms with Gasteiger partial charge in [-0.3, -0.25) is 0 Å². The van der Waals surface area contributed by atoms with Crippen molar-refractivity contribution >= 4 is 11.7 Å². The van der Waals surface area contributed by atoms with Crippen molar-refractivity contribution in [2.75, 3.05) is 11.9 Å². The fourth-order valence-electron chi connectivity index (χ4n) is 3.24. The summed E-state index contributed by atoms with van der Waals surface area (Å²) in [5.41, 5.74) is 5.73. The lowest BCUT2D eigenvalue weighted by Gasteiger charge is -2.35. The van der Waals surface area contributed by atoms with Crippen molar-refractivity contribution in [3.05, 3.63) is 64.7 Å². The summed E-state index contributed by atoms with van der Waals surface area (Å²) in [6, 6.07) is 14.6. The minimum atomic E-state index is -0.0144. The van der Waals surface area contributed by atoms with Crippen LogP contribution in [0, 0.1) is 13.8 Å². The van der Waals surface area contributed by atoms with Gasteiger partial charge in [0.2, 0.25) is 0 Å². The highest BCUT2D eigenvalue weighted by Gasteiger charge is 2.27. The second-order valence-electron chi connectivity index (χ2n) is 6.02. The lowest BCUT2D eigenvalue weighted by Crippen LogP contribution is -2.41. The molecule has 1 N–H and O–H groups in total. The number of benzene rings is 2. The number of anilines is 1. The van der Waals surface area contributed by atoms with Crippen molar-refractivity contribution in [1.29, 1.82) is 0 Å². The molecule has 3 nitrogen and oxygen atoms in total. The molecule has 0 radical (unpaired) electrons. The zero-order chi connectivity index (χ0) is 15.7. The monoisotopic (exact) mass is 294 g/mol. The second kappa shape index (κ2) is 5.84. The summed E-state index contributed by atoms with van der Waals surface area (Å²) in [5.74, 6) is 0. The number of hydrogen-bond acceptors (Lipinski definition) is 1. The smallest absolute Gasteiger partial charge is 0.317 e. The molecule has 0 saturated carbocycles. The number of para-hydroxylation sites is 1. The molecule has 0 fully saturated rings. The van der Waals surface area contributed by atoms with Gasteiger partial charge in [0.25, 0.3) is 0 Å². The summed E-state index contributed by atoms with van der Waals surface area (Å²) in [4.78, 5) is 14.6. The average molecular weight is 294 g/mol. The molecule has 0 aromatic heterocycles. The van der Waals surface area contributed by atoms with Crippen molar-refractivity contribution in [3.63, 3.8) is 0 Å². The molecule has 1 aliphatic heterocycles. The Morgan fingerprint density at radius 3 is 2.50 bits per heavy atom. The zero-order valence-corrected chi connectivity index (χ0v) is 13.4. The Hall–Kier alpha value is -2.29. The largest absolute Gasteiger partial charge is 0.322 e. The first-order valence-electron chi connectivity index (χ1n) is 7.79. The van der Waals surface area contributed by atoms with Gasteiger partial charge in [0, 0.05) is 12.2 Å². The number of nitrogens with zero attached hydrogens (tertiary/aromatic N) is 1. The van der Waals surface area contributed by atoms with E-state index in [4.69, 9.17) is 0 Å².